The normalized spacial score (nSPS) is 40.0. The number of carbonyl (C=O) groups excluding carboxylic acids is 2. The van der Waals surface area contributed by atoms with E-state index in [9.17, 15) is 9.90 Å². The molecule has 3 spiro atoms. The van der Waals surface area contributed by atoms with Gasteiger partial charge in [-0.2, -0.15) is 0 Å². The van der Waals surface area contributed by atoms with E-state index >= 15 is 4.79 Å². The Hall–Kier alpha value is -4.14. The summed E-state index contributed by atoms with van der Waals surface area (Å²) in [6.45, 7) is 9.34. The van der Waals surface area contributed by atoms with Crippen molar-refractivity contribution in [2.45, 2.75) is 103 Å². The van der Waals surface area contributed by atoms with Crippen LogP contribution in [0.1, 0.15) is 104 Å². The molecular weight excluding hydrogens is 735 g/mol. The number of fused-ring (bicyclic) bond motifs is 6. The number of hydrogen-bond acceptors (Lipinski definition) is 8. The number of nitrogens with two attached hydrogens (primary N) is 1. The molecule has 308 valence electrons. The van der Waals surface area contributed by atoms with Crippen LogP contribution in [0.15, 0.2) is 88.6 Å². The Kier molecular flexibility index (Phi) is 8.04. The average Bonchev–Trinajstić information content (AvgIpc) is 3.68. The Balaban J connectivity index is 1.17. The van der Waals surface area contributed by atoms with Crippen LogP contribution in [0.3, 0.4) is 0 Å². The van der Waals surface area contributed by atoms with E-state index in [-0.39, 0.29) is 35.6 Å². The van der Waals surface area contributed by atoms with E-state index in [0.29, 0.717) is 67.2 Å². The summed E-state index contributed by atoms with van der Waals surface area (Å²) in [5.74, 6) is 1.67. The number of piperidine rings is 2. The minimum absolute atomic E-state index is 0.0579. The quantitative estimate of drug-likeness (QED) is 0.301. The summed E-state index contributed by atoms with van der Waals surface area (Å²) in [6.07, 6.45) is 14.9. The molecule has 13 bridgehead atoms. The van der Waals surface area contributed by atoms with E-state index in [1.807, 2.05) is 6.07 Å². The summed E-state index contributed by atoms with van der Waals surface area (Å²) in [4.78, 5) is 35.9. The van der Waals surface area contributed by atoms with Gasteiger partial charge in [-0.3, -0.25) is 9.69 Å². The first-order valence-electron chi connectivity index (χ1n) is 23.1. The fraction of sp³-hybridized carbons (Fsp3) is 0.569. The molecule has 59 heavy (non-hydrogen) atoms. The van der Waals surface area contributed by atoms with Gasteiger partial charge in [0.05, 0.1) is 11.0 Å². The number of carbonyl (C=O) groups is 2. The summed E-state index contributed by atoms with van der Waals surface area (Å²) in [6, 6.07) is 15.5. The van der Waals surface area contributed by atoms with E-state index < -0.39 is 16.4 Å². The third-order valence-electron chi connectivity index (χ3n) is 17.5. The SMILES string of the molecule is CC1CC=C2C3C4=C5C=C(Cc6cccc(c6)CCCCC6C57C(=O)OC(=C(O)CC(C)N5CC8CC(CN2C8)C5)C7(CC4)C62OC(=O)c4c(CCCN)cccc42)C13. The summed E-state index contributed by atoms with van der Waals surface area (Å²) in [7, 11) is 0. The number of allylic oxidation sites excluding steroid dienone is 4. The lowest BCUT2D eigenvalue weighted by atomic mass is 9.29. The van der Waals surface area contributed by atoms with Gasteiger partial charge in [-0.25, -0.2) is 4.79 Å². The largest absolute Gasteiger partial charge is 0.509 e. The van der Waals surface area contributed by atoms with E-state index in [4.69, 9.17) is 15.2 Å². The van der Waals surface area contributed by atoms with Crippen LogP contribution in [0.4, 0.5) is 0 Å². The van der Waals surface area contributed by atoms with E-state index in [0.717, 1.165) is 87.8 Å². The number of aliphatic hydroxyl groups is 1. The monoisotopic (exact) mass is 793 g/mol. The van der Waals surface area contributed by atoms with Crippen molar-refractivity contribution >= 4 is 11.9 Å². The van der Waals surface area contributed by atoms with Crippen molar-refractivity contribution in [2.24, 2.45) is 52.1 Å². The molecule has 13 aliphatic rings. The van der Waals surface area contributed by atoms with Crippen molar-refractivity contribution in [1.82, 2.24) is 9.80 Å². The van der Waals surface area contributed by atoms with Crippen molar-refractivity contribution in [1.29, 1.82) is 0 Å². The van der Waals surface area contributed by atoms with Crippen molar-refractivity contribution in [2.75, 3.05) is 32.7 Å². The fourth-order valence-electron chi connectivity index (χ4n) is 15.6. The highest BCUT2D eigenvalue weighted by molar-refractivity contribution is 6.00. The zero-order valence-corrected chi connectivity index (χ0v) is 34.8. The minimum Gasteiger partial charge on any atom is -0.509 e. The maximum Gasteiger partial charge on any atom is 0.339 e. The second kappa shape index (κ2) is 12.9. The third-order valence-corrected chi connectivity index (χ3v) is 17.5. The Morgan fingerprint density at radius 2 is 1.80 bits per heavy atom. The number of benzene rings is 2. The van der Waals surface area contributed by atoms with Gasteiger partial charge in [0, 0.05) is 61.7 Å². The number of aliphatic hydroxyl groups excluding tert-OH is 1. The average molecular weight is 794 g/mol. The van der Waals surface area contributed by atoms with Crippen molar-refractivity contribution in [3.63, 3.8) is 0 Å². The lowest BCUT2D eigenvalue weighted by Gasteiger charge is -2.71. The highest BCUT2D eigenvalue weighted by atomic mass is 16.6. The van der Waals surface area contributed by atoms with Gasteiger partial charge in [0.1, 0.15) is 11.2 Å². The molecule has 10 atom stereocenters. The second-order valence-corrected chi connectivity index (χ2v) is 20.4. The van der Waals surface area contributed by atoms with Gasteiger partial charge < -0.3 is 25.2 Å². The topological polar surface area (TPSA) is 105 Å². The Labute approximate surface area is 348 Å². The lowest BCUT2D eigenvalue weighted by molar-refractivity contribution is -0.276. The maximum atomic E-state index is 15.8. The molecule has 10 unspecified atom stereocenters. The molecule has 1 saturated carbocycles. The zero-order chi connectivity index (χ0) is 40.0. The fourth-order valence-corrected chi connectivity index (χ4v) is 15.6. The number of nitrogens with zero attached hydrogens (tertiary/aromatic N) is 2. The molecule has 4 fully saturated rings. The summed E-state index contributed by atoms with van der Waals surface area (Å²) < 4.78 is 13.9. The van der Waals surface area contributed by atoms with Crippen molar-refractivity contribution in [3.05, 3.63) is 116 Å². The van der Waals surface area contributed by atoms with Crippen LogP contribution < -0.4 is 5.73 Å². The van der Waals surface area contributed by atoms with Gasteiger partial charge in [0.25, 0.3) is 0 Å². The summed E-state index contributed by atoms with van der Waals surface area (Å²) in [5, 5.41) is 12.8. The zero-order valence-electron chi connectivity index (χ0n) is 34.8. The van der Waals surface area contributed by atoms with E-state index in [2.05, 4.69) is 72.2 Å². The van der Waals surface area contributed by atoms with Crippen LogP contribution in [0, 0.1) is 46.3 Å². The molecule has 0 radical (unpaired) electrons. The first-order valence-corrected chi connectivity index (χ1v) is 23.1. The van der Waals surface area contributed by atoms with E-state index in [1.165, 1.54) is 34.4 Å². The van der Waals surface area contributed by atoms with Crippen LogP contribution in [0.25, 0.3) is 0 Å². The van der Waals surface area contributed by atoms with Gasteiger partial charge in [-0.05, 0) is 124 Å². The molecule has 0 aromatic heterocycles. The van der Waals surface area contributed by atoms with Crippen molar-refractivity contribution in [3.8, 4) is 0 Å². The first kappa shape index (κ1) is 36.7. The van der Waals surface area contributed by atoms with Gasteiger partial charge in [-0.15, -0.1) is 0 Å². The van der Waals surface area contributed by atoms with Crippen LogP contribution in [0.5, 0.6) is 0 Å². The highest BCUT2D eigenvalue weighted by Crippen LogP contribution is 2.87. The number of hydrogen-bond donors (Lipinski definition) is 2. The maximum absolute atomic E-state index is 15.8. The van der Waals surface area contributed by atoms with Gasteiger partial charge in [0.15, 0.2) is 11.4 Å². The molecule has 15 rings (SSSR count). The smallest absolute Gasteiger partial charge is 0.339 e. The molecule has 8 heterocycles. The van der Waals surface area contributed by atoms with Crippen LogP contribution in [-0.4, -0.2) is 65.6 Å². The Morgan fingerprint density at radius 3 is 2.63 bits per heavy atom. The molecule has 2 aromatic carbocycles. The number of aryl methyl sites for hydroxylation is 2. The Bertz CT molecular complexity index is 2310. The van der Waals surface area contributed by atoms with Gasteiger partial charge >= 0.3 is 11.9 Å². The predicted molar refractivity (Wildman–Crippen MR) is 225 cm³/mol. The molecule has 5 aliphatic carbocycles. The minimum atomic E-state index is -1.16. The molecule has 3 saturated heterocycles. The molecule has 2 aromatic rings. The van der Waals surface area contributed by atoms with Crippen molar-refractivity contribution < 1.29 is 24.2 Å². The third kappa shape index (κ3) is 4.63. The molecule has 0 amide bonds. The number of rotatable bonds is 3. The first-order chi connectivity index (χ1) is 28.7. The van der Waals surface area contributed by atoms with Crippen LogP contribution in [-0.2, 0) is 39.1 Å². The van der Waals surface area contributed by atoms with Gasteiger partial charge in [0.2, 0.25) is 0 Å². The van der Waals surface area contributed by atoms with Gasteiger partial charge in [-0.1, -0.05) is 79.1 Å². The van der Waals surface area contributed by atoms with Crippen LogP contribution >= 0.6 is 0 Å². The molecule has 3 N–H and O–H groups in total. The number of esters is 2. The highest BCUT2D eigenvalue weighted by Gasteiger charge is 2.93. The second-order valence-electron chi connectivity index (χ2n) is 20.4. The lowest BCUT2D eigenvalue weighted by Crippen LogP contribution is -2.77. The summed E-state index contributed by atoms with van der Waals surface area (Å²) in [5.41, 5.74) is 13.3. The predicted octanol–water partition coefficient (Wildman–Crippen LogP) is 8.07. The molecule has 8 aliphatic heterocycles. The van der Waals surface area contributed by atoms with Crippen LogP contribution in [0.2, 0.25) is 0 Å². The van der Waals surface area contributed by atoms with E-state index in [1.54, 1.807) is 0 Å². The Morgan fingerprint density at radius 1 is 0.983 bits per heavy atom. The summed E-state index contributed by atoms with van der Waals surface area (Å²) >= 11 is 0. The molecule has 8 heteroatoms. The standard InChI is InChI=1S/C51H59N3O5/c1-29-15-16-40-45-37-17-18-49-46(41(55)20-30(2)53-25-33-22-34(26-53)28-54(40)27-33)58-48(57)50(49)39(37)24-36(43(29)45)23-32-10-5-9-31(21-32)8-3-4-14-42(50)51(49)38-13-6-11-35(12-7-19-52)44(38)47(56)59-51/h5-6,9-11,13,16,21,24,29-30,33-34,42-43,45,55H,3-4,7-8,12,14-15,17-20,22-23,25-28,52H2,1-2H3. The molecule has 8 nitrogen and oxygen atoms in total. The molecular formula is C51H59N3O5. The number of ether oxygens (including phenoxy) is 2.